The predicted octanol–water partition coefficient (Wildman–Crippen LogP) is 5.62. The number of hydrogen-bond donors (Lipinski definition) is 0. The Balaban J connectivity index is 1.77. The standard InChI is InChI=1S/C19H16Cl2FNO/c1-11-4-5-13(14-3-2-8-23-19(11)14)18(24)7-6-15-16(21)9-12(20)10-17(15)22/h2-3,8-10,13H,1,4-7H2. The van der Waals surface area contributed by atoms with E-state index in [1.54, 1.807) is 6.20 Å². The number of carbonyl (C=O) groups excluding carboxylic acids is 1. The van der Waals surface area contributed by atoms with Crippen molar-refractivity contribution in [2.24, 2.45) is 0 Å². The highest BCUT2D eigenvalue weighted by Crippen LogP contribution is 2.37. The maximum Gasteiger partial charge on any atom is 0.140 e. The average molecular weight is 364 g/mol. The average Bonchev–Trinajstić information content (AvgIpc) is 2.54. The summed E-state index contributed by atoms with van der Waals surface area (Å²) in [6.07, 6.45) is 3.65. The van der Waals surface area contributed by atoms with Gasteiger partial charge in [-0.15, -0.1) is 0 Å². The summed E-state index contributed by atoms with van der Waals surface area (Å²) in [4.78, 5) is 17.0. The molecular weight excluding hydrogens is 348 g/mol. The van der Waals surface area contributed by atoms with Gasteiger partial charge < -0.3 is 0 Å². The molecule has 1 heterocycles. The summed E-state index contributed by atoms with van der Waals surface area (Å²) in [5, 5.41) is 0.505. The van der Waals surface area contributed by atoms with Gasteiger partial charge in [-0.2, -0.15) is 0 Å². The molecule has 0 fully saturated rings. The van der Waals surface area contributed by atoms with Crippen molar-refractivity contribution in [1.29, 1.82) is 0 Å². The van der Waals surface area contributed by atoms with Crippen LogP contribution < -0.4 is 0 Å². The van der Waals surface area contributed by atoms with Gasteiger partial charge in [0.2, 0.25) is 0 Å². The molecule has 1 aromatic carbocycles. The lowest BCUT2D eigenvalue weighted by Crippen LogP contribution is -2.19. The molecule has 124 valence electrons. The van der Waals surface area contributed by atoms with Crippen LogP contribution in [-0.2, 0) is 11.2 Å². The van der Waals surface area contributed by atoms with E-state index in [0.717, 1.165) is 23.3 Å². The van der Waals surface area contributed by atoms with Crippen LogP contribution in [0.15, 0.2) is 37.0 Å². The van der Waals surface area contributed by atoms with E-state index in [0.29, 0.717) is 12.0 Å². The van der Waals surface area contributed by atoms with Gasteiger partial charge in [0.05, 0.1) is 5.69 Å². The second-order valence-electron chi connectivity index (χ2n) is 5.95. The normalized spacial score (nSPS) is 16.8. The highest BCUT2D eigenvalue weighted by atomic mass is 35.5. The fraction of sp³-hybridized carbons (Fsp3) is 0.263. The summed E-state index contributed by atoms with van der Waals surface area (Å²) in [5.41, 5.74) is 3.03. The molecule has 1 unspecified atom stereocenters. The molecule has 1 atom stereocenters. The van der Waals surface area contributed by atoms with E-state index >= 15 is 0 Å². The summed E-state index contributed by atoms with van der Waals surface area (Å²) >= 11 is 11.8. The molecule has 2 nitrogen and oxygen atoms in total. The van der Waals surface area contributed by atoms with Crippen molar-refractivity contribution in [3.8, 4) is 0 Å². The van der Waals surface area contributed by atoms with E-state index in [2.05, 4.69) is 11.6 Å². The molecule has 0 saturated carbocycles. The molecule has 1 aliphatic carbocycles. The molecule has 3 rings (SSSR count). The number of hydrogen-bond acceptors (Lipinski definition) is 2. The minimum Gasteiger partial charge on any atom is -0.299 e. The zero-order chi connectivity index (χ0) is 17.3. The fourth-order valence-corrected chi connectivity index (χ4v) is 3.72. The van der Waals surface area contributed by atoms with Crippen LogP contribution in [0.25, 0.3) is 5.57 Å². The van der Waals surface area contributed by atoms with Crippen molar-refractivity contribution in [3.05, 3.63) is 69.7 Å². The Morgan fingerprint density at radius 1 is 1.38 bits per heavy atom. The van der Waals surface area contributed by atoms with E-state index < -0.39 is 5.82 Å². The van der Waals surface area contributed by atoms with Crippen LogP contribution in [0.5, 0.6) is 0 Å². The maximum absolute atomic E-state index is 14.0. The molecule has 0 saturated heterocycles. The molecular formula is C19H16Cl2FNO. The van der Waals surface area contributed by atoms with Gasteiger partial charge in [0.1, 0.15) is 11.6 Å². The van der Waals surface area contributed by atoms with Crippen LogP contribution in [0.4, 0.5) is 4.39 Å². The first-order valence-corrected chi connectivity index (χ1v) is 8.52. The van der Waals surface area contributed by atoms with E-state index in [1.165, 1.54) is 12.1 Å². The molecule has 1 aromatic heterocycles. The van der Waals surface area contributed by atoms with Gasteiger partial charge >= 0.3 is 0 Å². The molecule has 0 spiro atoms. The number of ketones is 1. The highest BCUT2D eigenvalue weighted by Gasteiger charge is 2.28. The summed E-state index contributed by atoms with van der Waals surface area (Å²) in [5.74, 6) is -0.616. The minimum absolute atomic E-state index is 0.0715. The van der Waals surface area contributed by atoms with Crippen LogP contribution in [0.2, 0.25) is 10.0 Å². The van der Waals surface area contributed by atoms with E-state index in [9.17, 15) is 9.18 Å². The molecule has 0 amide bonds. The van der Waals surface area contributed by atoms with Crippen LogP contribution in [0.1, 0.15) is 42.0 Å². The first kappa shape index (κ1) is 17.1. The first-order chi connectivity index (χ1) is 11.5. The Kier molecular flexibility index (Phi) is 5.02. The van der Waals surface area contributed by atoms with Crippen molar-refractivity contribution in [1.82, 2.24) is 4.98 Å². The molecule has 2 aromatic rings. The number of Topliss-reactive ketones (excluding diaryl/α,β-unsaturated/α-hetero) is 1. The number of halogens is 3. The highest BCUT2D eigenvalue weighted by molar-refractivity contribution is 6.35. The third kappa shape index (κ3) is 3.38. The minimum atomic E-state index is -0.473. The summed E-state index contributed by atoms with van der Waals surface area (Å²) in [6, 6.07) is 6.46. The lowest BCUT2D eigenvalue weighted by molar-refractivity contribution is -0.120. The molecule has 1 aliphatic rings. The Bertz CT molecular complexity index is 796. The molecule has 0 aliphatic heterocycles. The zero-order valence-electron chi connectivity index (χ0n) is 13.0. The number of allylic oxidation sites excluding steroid dienone is 1. The van der Waals surface area contributed by atoms with Crippen molar-refractivity contribution in [3.63, 3.8) is 0 Å². The van der Waals surface area contributed by atoms with Gasteiger partial charge in [-0.25, -0.2) is 4.39 Å². The Morgan fingerprint density at radius 2 is 2.17 bits per heavy atom. The summed E-state index contributed by atoms with van der Waals surface area (Å²) in [6.45, 7) is 4.02. The van der Waals surface area contributed by atoms with E-state index in [1.807, 2.05) is 12.1 Å². The van der Waals surface area contributed by atoms with E-state index in [-0.39, 0.29) is 34.6 Å². The summed E-state index contributed by atoms with van der Waals surface area (Å²) < 4.78 is 14.0. The monoisotopic (exact) mass is 363 g/mol. The third-order valence-electron chi connectivity index (χ3n) is 4.40. The number of nitrogens with zero attached hydrogens (tertiary/aromatic N) is 1. The van der Waals surface area contributed by atoms with Gasteiger partial charge in [0, 0.05) is 34.1 Å². The number of benzene rings is 1. The van der Waals surface area contributed by atoms with Crippen LogP contribution in [0, 0.1) is 5.82 Å². The second kappa shape index (κ2) is 7.04. The quantitative estimate of drug-likeness (QED) is 0.705. The van der Waals surface area contributed by atoms with Gasteiger partial charge in [-0.3, -0.25) is 9.78 Å². The number of pyridine rings is 1. The first-order valence-electron chi connectivity index (χ1n) is 7.76. The largest absolute Gasteiger partial charge is 0.299 e. The van der Waals surface area contributed by atoms with Gasteiger partial charge in [0.15, 0.2) is 0 Å². The van der Waals surface area contributed by atoms with Crippen LogP contribution >= 0.6 is 23.2 Å². The van der Waals surface area contributed by atoms with E-state index in [4.69, 9.17) is 23.2 Å². The number of carbonyl (C=O) groups is 1. The zero-order valence-corrected chi connectivity index (χ0v) is 14.5. The lowest BCUT2D eigenvalue weighted by atomic mass is 9.79. The van der Waals surface area contributed by atoms with Crippen molar-refractivity contribution >= 4 is 34.6 Å². The van der Waals surface area contributed by atoms with Gasteiger partial charge in [0.25, 0.3) is 0 Å². The fourth-order valence-electron chi connectivity index (χ4n) is 3.15. The molecule has 5 heteroatoms. The smallest absolute Gasteiger partial charge is 0.140 e. The molecule has 0 N–H and O–H groups in total. The van der Waals surface area contributed by atoms with Crippen LogP contribution in [0.3, 0.4) is 0 Å². The molecule has 24 heavy (non-hydrogen) atoms. The molecule has 0 bridgehead atoms. The van der Waals surface area contributed by atoms with Crippen molar-refractivity contribution < 1.29 is 9.18 Å². The Morgan fingerprint density at radius 3 is 2.92 bits per heavy atom. The number of aromatic nitrogens is 1. The summed E-state index contributed by atoms with van der Waals surface area (Å²) in [7, 11) is 0. The molecule has 0 radical (unpaired) electrons. The van der Waals surface area contributed by atoms with Crippen LogP contribution in [-0.4, -0.2) is 10.8 Å². The van der Waals surface area contributed by atoms with Gasteiger partial charge in [-0.1, -0.05) is 35.8 Å². The Labute approximate surface area is 150 Å². The van der Waals surface area contributed by atoms with Crippen molar-refractivity contribution in [2.45, 2.75) is 31.6 Å². The second-order valence-corrected chi connectivity index (χ2v) is 6.79. The van der Waals surface area contributed by atoms with Crippen molar-refractivity contribution in [2.75, 3.05) is 0 Å². The lowest BCUT2D eigenvalue weighted by Gasteiger charge is -2.25. The number of fused-ring (bicyclic) bond motifs is 1. The topological polar surface area (TPSA) is 30.0 Å². The maximum atomic E-state index is 14.0. The SMILES string of the molecule is C=C1CCC(C(=O)CCc2c(F)cc(Cl)cc2Cl)c2cccnc21. The third-order valence-corrected chi connectivity index (χ3v) is 4.96. The van der Waals surface area contributed by atoms with Gasteiger partial charge in [-0.05, 0) is 48.6 Å². The number of rotatable bonds is 4. The predicted molar refractivity (Wildman–Crippen MR) is 95.0 cm³/mol. The Hall–Kier alpha value is -1.71.